The van der Waals surface area contributed by atoms with E-state index in [9.17, 15) is 4.79 Å². The van der Waals surface area contributed by atoms with E-state index in [2.05, 4.69) is 10.3 Å². The van der Waals surface area contributed by atoms with Crippen molar-refractivity contribution in [1.29, 1.82) is 0 Å². The van der Waals surface area contributed by atoms with E-state index in [1.165, 1.54) is 0 Å². The van der Waals surface area contributed by atoms with Crippen molar-refractivity contribution in [3.05, 3.63) is 94.2 Å². The molecule has 0 aliphatic rings. The summed E-state index contributed by atoms with van der Waals surface area (Å²) in [5.41, 5.74) is 2.39. The van der Waals surface area contributed by atoms with E-state index in [0.29, 0.717) is 41.1 Å². The van der Waals surface area contributed by atoms with Crippen LogP contribution in [0, 0.1) is 0 Å². The van der Waals surface area contributed by atoms with Gasteiger partial charge in [0.2, 0.25) is 0 Å². The van der Waals surface area contributed by atoms with Gasteiger partial charge in [-0.2, -0.15) is 0 Å². The number of carbonyl (C=O) groups is 1. The Balaban J connectivity index is 1.49. The molecule has 152 valence electrons. The Kier molecular flexibility index (Phi) is 6.21. The van der Waals surface area contributed by atoms with E-state index >= 15 is 0 Å². The zero-order valence-electron chi connectivity index (χ0n) is 16.0. The van der Waals surface area contributed by atoms with E-state index in [0.717, 1.165) is 16.9 Å². The number of fused-ring (bicyclic) bond motifs is 1. The third kappa shape index (κ3) is 4.58. The minimum absolute atomic E-state index is 0.183. The van der Waals surface area contributed by atoms with Gasteiger partial charge in [-0.3, -0.25) is 4.79 Å². The van der Waals surface area contributed by atoms with Gasteiger partial charge >= 0.3 is 0 Å². The van der Waals surface area contributed by atoms with Gasteiger partial charge in [0.25, 0.3) is 5.91 Å². The number of benzene rings is 3. The number of aromatic nitrogens is 2. The summed E-state index contributed by atoms with van der Waals surface area (Å²) in [5, 5.41) is 4.09. The molecule has 1 heterocycles. The van der Waals surface area contributed by atoms with E-state index in [4.69, 9.17) is 27.9 Å². The molecule has 30 heavy (non-hydrogen) atoms. The molecule has 4 aromatic rings. The number of halogens is 2. The monoisotopic (exact) mass is 439 g/mol. The number of amides is 1. The molecule has 1 amide bonds. The maximum absolute atomic E-state index is 12.5. The first-order chi connectivity index (χ1) is 14.6. The number of para-hydroxylation sites is 3. The second-order valence-corrected chi connectivity index (χ2v) is 7.48. The standard InChI is InChI=1S/C23H19Cl2N3O2/c24-17-11-9-16(10-12-17)23(29)26-15-22-27-19-6-2-3-7-20(19)28(22)13-14-30-21-8-4-1-5-18(21)25/h1-12H,13-15H2,(H,26,29). The zero-order valence-corrected chi connectivity index (χ0v) is 17.5. The Bertz CT molecular complexity index is 1170. The fourth-order valence-corrected chi connectivity index (χ4v) is 3.50. The van der Waals surface area contributed by atoms with Crippen molar-refractivity contribution in [3.63, 3.8) is 0 Å². The van der Waals surface area contributed by atoms with Crippen LogP contribution in [0.2, 0.25) is 10.0 Å². The third-order valence-corrected chi connectivity index (χ3v) is 5.22. The van der Waals surface area contributed by atoms with Crippen LogP contribution in [0.3, 0.4) is 0 Å². The predicted molar refractivity (Wildman–Crippen MR) is 119 cm³/mol. The fourth-order valence-electron chi connectivity index (χ4n) is 3.18. The van der Waals surface area contributed by atoms with Gasteiger partial charge < -0.3 is 14.6 Å². The van der Waals surface area contributed by atoms with Crippen molar-refractivity contribution in [2.45, 2.75) is 13.1 Å². The number of nitrogens with zero attached hydrogens (tertiary/aromatic N) is 2. The average molecular weight is 440 g/mol. The second-order valence-electron chi connectivity index (χ2n) is 6.64. The van der Waals surface area contributed by atoms with E-state index in [1.54, 1.807) is 30.3 Å². The molecular formula is C23H19Cl2N3O2. The number of imidazole rings is 1. The molecular weight excluding hydrogens is 421 g/mol. The minimum Gasteiger partial charge on any atom is -0.490 e. The number of carbonyl (C=O) groups excluding carboxylic acids is 1. The maximum atomic E-state index is 12.5. The number of rotatable bonds is 7. The largest absolute Gasteiger partial charge is 0.490 e. The lowest BCUT2D eigenvalue weighted by Gasteiger charge is -2.12. The Morgan fingerprint density at radius 1 is 0.967 bits per heavy atom. The number of nitrogens with one attached hydrogen (secondary N) is 1. The van der Waals surface area contributed by atoms with Crippen molar-refractivity contribution in [1.82, 2.24) is 14.9 Å². The van der Waals surface area contributed by atoms with Crippen LogP contribution < -0.4 is 10.1 Å². The molecule has 7 heteroatoms. The van der Waals surface area contributed by atoms with Crippen LogP contribution in [0.5, 0.6) is 5.75 Å². The summed E-state index contributed by atoms with van der Waals surface area (Å²) in [6.07, 6.45) is 0. The van der Waals surface area contributed by atoms with Gasteiger partial charge in [-0.1, -0.05) is 47.5 Å². The highest BCUT2D eigenvalue weighted by molar-refractivity contribution is 6.32. The lowest BCUT2D eigenvalue weighted by molar-refractivity contribution is 0.0949. The Morgan fingerprint density at radius 2 is 1.70 bits per heavy atom. The van der Waals surface area contributed by atoms with Crippen LogP contribution in [0.1, 0.15) is 16.2 Å². The molecule has 1 aromatic heterocycles. The summed E-state index contributed by atoms with van der Waals surface area (Å²) in [5.74, 6) is 1.21. The quantitative estimate of drug-likeness (QED) is 0.422. The lowest BCUT2D eigenvalue weighted by atomic mass is 10.2. The van der Waals surface area contributed by atoms with Gasteiger partial charge in [-0.05, 0) is 48.5 Å². The van der Waals surface area contributed by atoms with Crippen LogP contribution in [-0.4, -0.2) is 22.1 Å². The molecule has 0 aliphatic carbocycles. The summed E-state index contributed by atoms with van der Waals surface area (Å²) in [7, 11) is 0. The maximum Gasteiger partial charge on any atom is 0.251 e. The first-order valence-corrected chi connectivity index (χ1v) is 10.2. The Hall–Kier alpha value is -3.02. The summed E-state index contributed by atoms with van der Waals surface area (Å²) in [6.45, 7) is 1.28. The average Bonchev–Trinajstić information content (AvgIpc) is 3.11. The molecule has 0 spiro atoms. The molecule has 5 nitrogen and oxygen atoms in total. The zero-order chi connectivity index (χ0) is 20.9. The molecule has 0 radical (unpaired) electrons. The molecule has 0 saturated carbocycles. The van der Waals surface area contributed by atoms with Gasteiger partial charge in [0.05, 0.1) is 29.1 Å². The van der Waals surface area contributed by atoms with E-state index in [-0.39, 0.29) is 5.91 Å². The molecule has 0 unspecified atom stereocenters. The molecule has 3 aromatic carbocycles. The van der Waals surface area contributed by atoms with Gasteiger partial charge in [-0.15, -0.1) is 0 Å². The van der Waals surface area contributed by atoms with Gasteiger partial charge in [0, 0.05) is 10.6 Å². The molecule has 0 fully saturated rings. The normalized spacial score (nSPS) is 10.9. The predicted octanol–water partition coefficient (Wildman–Crippen LogP) is 5.35. The van der Waals surface area contributed by atoms with Crippen LogP contribution in [-0.2, 0) is 13.1 Å². The van der Waals surface area contributed by atoms with Crippen LogP contribution >= 0.6 is 23.2 Å². The van der Waals surface area contributed by atoms with Crippen molar-refractivity contribution >= 4 is 40.1 Å². The molecule has 1 N–H and O–H groups in total. The summed E-state index contributed by atoms with van der Waals surface area (Å²) in [6, 6.07) is 22.0. The smallest absolute Gasteiger partial charge is 0.251 e. The molecule has 4 rings (SSSR count). The van der Waals surface area contributed by atoms with Crippen molar-refractivity contribution in [3.8, 4) is 5.75 Å². The highest BCUT2D eigenvalue weighted by Gasteiger charge is 2.13. The molecule has 0 atom stereocenters. The number of ether oxygens (including phenoxy) is 1. The fraction of sp³-hybridized carbons (Fsp3) is 0.130. The molecule has 0 saturated heterocycles. The first kappa shape index (κ1) is 20.3. The summed E-state index contributed by atoms with van der Waals surface area (Å²) >= 11 is 12.1. The SMILES string of the molecule is O=C(NCc1nc2ccccc2n1CCOc1ccccc1Cl)c1ccc(Cl)cc1. The van der Waals surface area contributed by atoms with Gasteiger partial charge in [-0.25, -0.2) is 4.98 Å². The van der Waals surface area contributed by atoms with E-state index < -0.39 is 0 Å². The number of hydrogen-bond acceptors (Lipinski definition) is 3. The Morgan fingerprint density at radius 3 is 2.50 bits per heavy atom. The summed E-state index contributed by atoms with van der Waals surface area (Å²) < 4.78 is 7.89. The second kappa shape index (κ2) is 9.20. The highest BCUT2D eigenvalue weighted by atomic mass is 35.5. The molecule has 0 bridgehead atoms. The van der Waals surface area contributed by atoms with Crippen LogP contribution in [0.25, 0.3) is 11.0 Å². The van der Waals surface area contributed by atoms with Crippen molar-refractivity contribution in [2.24, 2.45) is 0 Å². The first-order valence-electron chi connectivity index (χ1n) is 9.47. The van der Waals surface area contributed by atoms with Gasteiger partial charge in [0.1, 0.15) is 18.2 Å². The number of hydrogen-bond donors (Lipinski definition) is 1. The topological polar surface area (TPSA) is 56.2 Å². The molecule has 0 aliphatic heterocycles. The highest BCUT2D eigenvalue weighted by Crippen LogP contribution is 2.23. The van der Waals surface area contributed by atoms with Crippen LogP contribution in [0.15, 0.2) is 72.8 Å². The summed E-state index contributed by atoms with van der Waals surface area (Å²) in [4.78, 5) is 17.1. The third-order valence-electron chi connectivity index (χ3n) is 4.66. The Labute approximate surface area is 184 Å². The van der Waals surface area contributed by atoms with E-state index in [1.807, 2.05) is 47.0 Å². The van der Waals surface area contributed by atoms with Crippen LogP contribution in [0.4, 0.5) is 0 Å². The minimum atomic E-state index is -0.183. The lowest BCUT2D eigenvalue weighted by Crippen LogP contribution is -2.25. The van der Waals surface area contributed by atoms with Crippen molar-refractivity contribution in [2.75, 3.05) is 6.61 Å². The van der Waals surface area contributed by atoms with Gasteiger partial charge in [0.15, 0.2) is 0 Å². The van der Waals surface area contributed by atoms with Crippen molar-refractivity contribution < 1.29 is 9.53 Å².